The van der Waals surface area contributed by atoms with Crippen molar-refractivity contribution in [2.45, 2.75) is 38.0 Å². The fraction of sp³-hybridized carbons (Fsp3) is 0.423. The second kappa shape index (κ2) is 9.41. The molecule has 1 N–H and O–H groups in total. The summed E-state index contributed by atoms with van der Waals surface area (Å²) in [7, 11) is 3.37. The molecule has 1 aromatic carbocycles. The summed E-state index contributed by atoms with van der Waals surface area (Å²) in [5, 5.41) is 8.07. The summed E-state index contributed by atoms with van der Waals surface area (Å²) in [5.41, 5.74) is 6.83. The Balaban J connectivity index is 1.15. The average Bonchev–Trinajstić information content (AvgIpc) is 3.55. The first-order chi connectivity index (χ1) is 17.2. The van der Waals surface area contributed by atoms with Crippen LogP contribution in [-0.2, 0) is 22.3 Å². The van der Waals surface area contributed by atoms with Crippen molar-refractivity contribution < 1.29 is 9.47 Å². The Labute approximate surface area is 204 Å². The van der Waals surface area contributed by atoms with E-state index in [1.165, 1.54) is 23.1 Å². The number of likely N-dealkylation sites (tertiary alicyclic amines) is 1. The normalized spacial score (nSPS) is 16.5. The van der Waals surface area contributed by atoms with Gasteiger partial charge in [0, 0.05) is 58.0 Å². The van der Waals surface area contributed by atoms with Crippen molar-refractivity contribution in [3.8, 4) is 11.3 Å². The lowest BCUT2D eigenvalue weighted by molar-refractivity contribution is -0.118. The molecule has 0 saturated carbocycles. The van der Waals surface area contributed by atoms with E-state index >= 15 is 0 Å². The van der Waals surface area contributed by atoms with Gasteiger partial charge >= 0.3 is 0 Å². The molecule has 6 rings (SSSR count). The average molecular weight is 474 g/mol. The van der Waals surface area contributed by atoms with Gasteiger partial charge in [0.15, 0.2) is 17.8 Å². The fourth-order valence-electron chi connectivity index (χ4n) is 5.14. The Morgan fingerprint density at radius 1 is 1.06 bits per heavy atom. The van der Waals surface area contributed by atoms with Crippen LogP contribution in [0.1, 0.15) is 30.0 Å². The van der Waals surface area contributed by atoms with Gasteiger partial charge in [-0.1, -0.05) is 12.1 Å². The van der Waals surface area contributed by atoms with Crippen LogP contribution in [0.5, 0.6) is 0 Å². The highest BCUT2D eigenvalue weighted by molar-refractivity contribution is 5.74. The van der Waals surface area contributed by atoms with Crippen molar-refractivity contribution in [2.24, 2.45) is 0 Å². The van der Waals surface area contributed by atoms with E-state index in [9.17, 15) is 0 Å². The third kappa shape index (κ3) is 4.31. The molecular formula is C26H31N7O2. The number of methoxy groups -OCH3 is 2. The second-order valence-electron chi connectivity index (χ2n) is 9.36. The van der Waals surface area contributed by atoms with Crippen LogP contribution in [0.4, 0.5) is 11.5 Å². The van der Waals surface area contributed by atoms with Gasteiger partial charge in [-0.15, -0.1) is 0 Å². The summed E-state index contributed by atoms with van der Waals surface area (Å²) in [4.78, 5) is 11.7. The van der Waals surface area contributed by atoms with Gasteiger partial charge in [0.1, 0.15) is 0 Å². The number of nitrogens with zero attached hydrogens (tertiary/aromatic N) is 6. The van der Waals surface area contributed by atoms with E-state index in [1.54, 1.807) is 14.2 Å². The zero-order chi connectivity index (χ0) is 23.8. The molecule has 1 fully saturated rings. The number of ether oxygens (including phenoxy) is 2. The highest BCUT2D eigenvalue weighted by Crippen LogP contribution is 2.31. The van der Waals surface area contributed by atoms with E-state index in [1.807, 2.05) is 24.8 Å². The third-order valence-corrected chi connectivity index (χ3v) is 7.32. The molecule has 2 aliphatic rings. The van der Waals surface area contributed by atoms with E-state index in [2.05, 4.69) is 53.8 Å². The van der Waals surface area contributed by atoms with E-state index in [0.29, 0.717) is 6.04 Å². The standard InChI is InChI=1S/C26H31N7O2/c1-34-24(35-2)17-31-10-7-22(8-11-31)33-16-21(14-29-33)30-25-26-27-9-12-32(26)23(15-28-25)20-6-4-18-3-5-19(18)13-20/h4,6,9,12-16,22,24H,3,5,7-8,10-11,17H2,1-2H3,(H,28,30). The molecule has 3 aromatic heterocycles. The molecule has 0 bridgehead atoms. The smallest absolute Gasteiger partial charge is 0.180 e. The third-order valence-electron chi connectivity index (χ3n) is 7.32. The Morgan fingerprint density at radius 3 is 2.63 bits per heavy atom. The van der Waals surface area contributed by atoms with Crippen LogP contribution in [0, 0.1) is 0 Å². The van der Waals surface area contributed by atoms with Crippen LogP contribution in [0.3, 0.4) is 0 Å². The number of rotatable bonds is 8. The van der Waals surface area contributed by atoms with Gasteiger partial charge in [0.25, 0.3) is 0 Å². The van der Waals surface area contributed by atoms with Crippen molar-refractivity contribution in [1.82, 2.24) is 29.0 Å². The van der Waals surface area contributed by atoms with E-state index in [0.717, 1.165) is 61.7 Å². The van der Waals surface area contributed by atoms with Crippen molar-refractivity contribution in [1.29, 1.82) is 0 Å². The summed E-state index contributed by atoms with van der Waals surface area (Å²) >= 11 is 0. The summed E-state index contributed by atoms with van der Waals surface area (Å²) < 4.78 is 14.9. The number of nitrogens with one attached hydrogen (secondary N) is 1. The zero-order valence-electron chi connectivity index (χ0n) is 20.2. The number of anilines is 2. The summed E-state index contributed by atoms with van der Waals surface area (Å²) in [5.74, 6) is 0.724. The number of imidazole rings is 1. The number of piperidine rings is 1. The number of hydrogen-bond donors (Lipinski definition) is 1. The van der Waals surface area contributed by atoms with Crippen LogP contribution >= 0.6 is 0 Å². The second-order valence-corrected chi connectivity index (χ2v) is 9.36. The van der Waals surface area contributed by atoms with Gasteiger partial charge < -0.3 is 14.8 Å². The van der Waals surface area contributed by atoms with Crippen LogP contribution in [0.25, 0.3) is 16.9 Å². The summed E-state index contributed by atoms with van der Waals surface area (Å²) in [6.07, 6.45) is 13.9. The molecule has 0 amide bonds. The SMILES string of the molecule is COC(CN1CCC(n2cc(Nc3ncc(-c4ccc5c(c4)CC5)n4ccnc34)cn2)CC1)OC. The van der Waals surface area contributed by atoms with Crippen LogP contribution in [-0.4, -0.2) is 69.2 Å². The molecule has 4 heterocycles. The molecule has 9 nitrogen and oxygen atoms in total. The molecule has 0 unspecified atom stereocenters. The molecule has 1 aliphatic heterocycles. The molecule has 0 spiro atoms. The number of fused-ring (bicyclic) bond motifs is 2. The first kappa shape index (κ1) is 22.2. The maximum absolute atomic E-state index is 5.34. The monoisotopic (exact) mass is 473 g/mol. The van der Waals surface area contributed by atoms with Gasteiger partial charge in [-0.05, 0) is 42.9 Å². The first-order valence-corrected chi connectivity index (χ1v) is 12.2. The van der Waals surface area contributed by atoms with E-state index in [-0.39, 0.29) is 6.29 Å². The van der Waals surface area contributed by atoms with Gasteiger partial charge in [-0.3, -0.25) is 14.0 Å². The number of aromatic nitrogens is 5. The van der Waals surface area contributed by atoms with Crippen LogP contribution in [0.2, 0.25) is 0 Å². The van der Waals surface area contributed by atoms with Gasteiger partial charge in [-0.25, -0.2) is 9.97 Å². The number of aryl methyl sites for hydroxylation is 2. The highest BCUT2D eigenvalue weighted by atomic mass is 16.7. The maximum atomic E-state index is 5.34. The van der Waals surface area contributed by atoms with Gasteiger partial charge in [0.2, 0.25) is 0 Å². The number of benzene rings is 1. The summed E-state index contributed by atoms with van der Waals surface area (Å²) in [6.45, 7) is 2.78. The Morgan fingerprint density at radius 2 is 1.89 bits per heavy atom. The predicted octanol–water partition coefficient (Wildman–Crippen LogP) is 3.69. The molecule has 0 atom stereocenters. The Bertz CT molecular complexity index is 1320. The minimum absolute atomic E-state index is 0.177. The van der Waals surface area contributed by atoms with Crippen molar-refractivity contribution in [2.75, 3.05) is 39.2 Å². The van der Waals surface area contributed by atoms with Crippen molar-refractivity contribution >= 4 is 17.2 Å². The largest absolute Gasteiger partial charge is 0.355 e. The van der Waals surface area contributed by atoms with Gasteiger partial charge in [-0.2, -0.15) is 5.10 Å². The van der Waals surface area contributed by atoms with Crippen LogP contribution < -0.4 is 5.32 Å². The zero-order valence-corrected chi connectivity index (χ0v) is 20.2. The predicted molar refractivity (Wildman–Crippen MR) is 134 cm³/mol. The Kier molecular flexibility index (Phi) is 5.97. The van der Waals surface area contributed by atoms with Gasteiger partial charge in [0.05, 0.1) is 29.8 Å². The molecule has 1 aliphatic carbocycles. The lowest BCUT2D eigenvalue weighted by Gasteiger charge is -2.33. The number of hydrogen-bond acceptors (Lipinski definition) is 7. The molecule has 0 radical (unpaired) electrons. The minimum Gasteiger partial charge on any atom is -0.355 e. The molecule has 4 aromatic rings. The van der Waals surface area contributed by atoms with E-state index < -0.39 is 0 Å². The molecule has 1 saturated heterocycles. The summed E-state index contributed by atoms with van der Waals surface area (Å²) in [6, 6.07) is 7.07. The van der Waals surface area contributed by atoms with Crippen LogP contribution in [0.15, 0.2) is 49.2 Å². The lowest BCUT2D eigenvalue weighted by Crippen LogP contribution is -2.40. The lowest BCUT2D eigenvalue weighted by atomic mass is 9.87. The van der Waals surface area contributed by atoms with Crippen molar-refractivity contribution in [3.05, 3.63) is 60.3 Å². The first-order valence-electron chi connectivity index (χ1n) is 12.2. The topological polar surface area (TPSA) is 81.7 Å². The van der Waals surface area contributed by atoms with E-state index in [4.69, 9.17) is 14.5 Å². The maximum Gasteiger partial charge on any atom is 0.180 e. The molecule has 9 heteroatoms. The highest BCUT2D eigenvalue weighted by Gasteiger charge is 2.23. The minimum atomic E-state index is -0.177. The fourth-order valence-corrected chi connectivity index (χ4v) is 5.14. The van der Waals surface area contributed by atoms with Crippen molar-refractivity contribution in [3.63, 3.8) is 0 Å². The molecule has 35 heavy (non-hydrogen) atoms. The molecule has 182 valence electrons. The Hall–Kier alpha value is -3.27. The molecular weight excluding hydrogens is 442 g/mol. The quantitative estimate of drug-likeness (QED) is 0.391.